The number of aryl methyl sites for hydroxylation is 1. The predicted molar refractivity (Wildman–Crippen MR) is 100 cm³/mol. The maximum Gasteiger partial charge on any atom is 0.246 e. The molecule has 2 aromatic rings. The lowest BCUT2D eigenvalue weighted by molar-refractivity contribution is -0.127. The Hall–Kier alpha value is -2.47. The molecule has 25 heavy (non-hydrogen) atoms. The molecule has 0 radical (unpaired) electrons. The van der Waals surface area contributed by atoms with Gasteiger partial charge in [0.15, 0.2) is 0 Å². The van der Waals surface area contributed by atoms with Crippen LogP contribution in [0.4, 0.5) is 5.69 Å². The molecule has 0 saturated carbocycles. The van der Waals surface area contributed by atoms with Crippen LogP contribution in [0.2, 0.25) is 0 Å². The monoisotopic (exact) mass is 355 g/mol. The number of aromatic nitrogens is 1. The first-order chi connectivity index (χ1) is 12.1. The van der Waals surface area contributed by atoms with Crippen LogP contribution in [0.1, 0.15) is 24.3 Å². The second-order valence-electron chi connectivity index (χ2n) is 6.11. The van der Waals surface area contributed by atoms with Crippen molar-refractivity contribution >= 4 is 28.8 Å². The highest BCUT2D eigenvalue weighted by Crippen LogP contribution is 2.24. The van der Waals surface area contributed by atoms with E-state index in [0.717, 1.165) is 34.8 Å². The van der Waals surface area contributed by atoms with E-state index in [1.54, 1.807) is 16.2 Å². The number of nitrogens with zero attached hydrogens (tertiary/aromatic N) is 2. The number of carbonyl (C=O) groups is 2. The number of rotatable bonds is 5. The number of likely N-dealkylation sites (tertiary alicyclic amines) is 1. The average Bonchev–Trinajstić information content (AvgIpc) is 3.24. The van der Waals surface area contributed by atoms with Crippen LogP contribution < -0.4 is 5.32 Å². The Kier molecular flexibility index (Phi) is 5.28. The van der Waals surface area contributed by atoms with Gasteiger partial charge in [-0.2, -0.15) is 0 Å². The zero-order valence-corrected chi connectivity index (χ0v) is 15.0. The van der Waals surface area contributed by atoms with E-state index in [-0.39, 0.29) is 17.9 Å². The standard InChI is InChI=1S/C19H21N3O2S/c1-3-19(24)22-10-4-5-16(22)11-18(23)21-15-8-6-14(7-9-15)17-12-25-13(2)20-17/h3,6-9,12,16H,1,4-5,10-11H2,2H3,(H,21,23)/t16-/m1/s1. The van der Waals surface area contributed by atoms with Crippen LogP contribution in [0.25, 0.3) is 11.3 Å². The molecule has 3 rings (SSSR count). The second-order valence-corrected chi connectivity index (χ2v) is 7.18. The van der Waals surface area contributed by atoms with Crippen LogP contribution in [0, 0.1) is 6.92 Å². The number of hydrogen-bond donors (Lipinski definition) is 1. The summed E-state index contributed by atoms with van der Waals surface area (Å²) < 4.78 is 0. The van der Waals surface area contributed by atoms with E-state index in [4.69, 9.17) is 0 Å². The highest BCUT2D eigenvalue weighted by Gasteiger charge is 2.28. The van der Waals surface area contributed by atoms with Gasteiger partial charge >= 0.3 is 0 Å². The number of amides is 2. The van der Waals surface area contributed by atoms with Gasteiger partial charge in [0.1, 0.15) is 0 Å². The SMILES string of the molecule is C=CC(=O)N1CCC[C@@H]1CC(=O)Nc1ccc(-c2csc(C)n2)cc1. The van der Waals surface area contributed by atoms with Crippen LogP contribution >= 0.6 is 11.3 Å². The summed E-state index contributed by atoms with van der Waals surface area (Å²) in [7, 11) is 0. The minimum absolute atomic E-state index is 0.0391. The Morgan fingerprint density at radius 1 is 1.40 bits per heavy atom. The smallest absolute Gasteiger partial charge is 0.246 e. The molecule has 1 fully saturated rings. The van der Waals surface area contributed by atoms with Crippen molar-refractivity contribution in [3.05, 3.63) is 47.3 Å². The van der Waals surface area contributed by atoms with Crippen molar-refractivity contribution in [1.29, 1.82) is 0 Å². The quantitative estimate of drug-likeness (QED) is 0.833. The fourth-order valence-electron chi connectivity index (χ4n) is 3.10. The maximum absolute atomic E-state index is 12.3. The van der Waals surface area contributed by atoms with Gasteiger partial charge in [-0.1, -0.05) is 18.7 Å². The molecule has 0 aliphatic carbocycles. The van der Waals surface area contributed by atoms with E-state index in [1.807, 2.05) is 36.6 Å². The molecule has 1 aliphatic rings. The lowest BCUT2D eigenvalue weighted by atomic mass is 10.1. The fraction of sp³-hybridized carbons (Fsp3) is 0.316. The van der Waals surface area contributed by atoms with E-state index >= 15 is 0 Å². The molecule has 1 saturated heterocycles. The Labute approximate surface area is 151 Å². The van der Waals surface area contributed by atoms with Gasteiger partial charge in [-0.25, -0.2) is 4.98 Å². The van der Waals surface area contributed by atoms with E-state index < -0.39 is 0 Å². The van der Waals surface area contributed by atoms with Crippen molar-refractivity contribution in [3.8, 4) is 11.3 Å². The molecule has 130 valence electrons. The molecular formula is C19H21N3O2S. The third-order valence-electron chi connectivity index (χ3n) is 4.34. The summed E-state index contributed by atoms with van der Waals surface area (Å²) in [5, 5.41) is 5.96. The van der Waals surface area contributed by atoms with Crippen LogP contribution in [0.5, 0.6) is 0 Å². The number of carbonyl (C=O) groups excluding carboxylic acids is 2. The summed E-state index contributed by atoms with van der Waals surface area (Å²) in [6, 6.07) is 7.62. The van der Waals surface area contributed by atoms with Gasteiger partial charge in [-0.05, 0) is 38.0 Å². The zero-order valence-electron chi connectivity index (χ0n) is 14.2. The predicted octanol–water partition coefficient (Wildman–Crippen LogP) is 3.62. The lowest BCUT2D eigenvalue weighted by Crippen LogP contribution is -2.36. The van der Waals surface area contributed by atoms with Crippen molar-refractivity contribution in [2.45, 2.75) is 32.2 Å². The van der Waals surface area contributed by atoms with Crippen LogP contribution in [0.15, 0.2) is 42.3 Å². The molecule has 6 heteroatoms. The Bertz CT molecular complexity index is 782. The number of nitrogens with one attached hydrogen (secondary N) is 1. The number of thiazole rings is 1. The molecule has 1 N–H and O–H groups in total. The number of anilines is 1. The van der Waals surface area contributed by atoms with E-state index in [0.29, 0.717) is 13.0 Å². The van der Waals surface area contributed by atoms with Gasteiger partial charge in [-0.3, -0.25) is 9.59 Å². The van der Waals surface area contributed by atoms with Crippen LogP contribution in [0.3, 0.4) is 0 Å². The molecule has 2 heterocycles. The summed E-state index contributed by atoms with van der Waals surface area (Å²) in [6.45, 7) is 6.20. The van der Waals surface area contributed by atoms with E-state index in [2.05, 4.69) is 16.9 Å². The highest BCUT2D eigenvalue weighted by atomic mass is 32.1. The molecule has 0 spiro atoms. The van der Waals surface area contributed by atoms with Crippen LogP contribution in [-0.4, -0.2) is 34.3 Å². The summed E-state index contributed by atoms with van der Waals surface area (Å²) in [4.78, 5) is 30.3. The topological polar surface area (TPSA) is 62.3 Å². The second kappa shape index (κ2) is 7.61. The first-order valence-electron chi connectivity index (χ1n) is 8.32. The van der Waals surface area contributed by atoms with Crippen molar-refractivity contribution in [1.82, 2.24) is 9.88 Å². The van der Waals surface area contributed by atoms with Gasteiger partial charge in [-0.15, -0.1) is 11.3 Å². The van der Waals surface area contributed by atoms with Crippen molar-refractivity contribution in [2.24, 2.45) is 0 Å². The molecule has 1 atom stereocenters. The summed E-state index contributed by atoms with van der Waals surface area (Å²) in [5.74, 6) is -0.177. The summed E-state index contributed by atoms with van der Waals surface area (Å²) >= 11 is 1.62. The van der Waals surface area contributed by atoms with Gasteiger partial charge in [0.05, 0.1) is 10.7 Å². The molecule has 1 aromatic heterocycles. The highest BCUT2D eigenvalue weighted by molar-refractivity contribution is 7.09. The van der Waals surface area contributed by atoms with E-state index in [1.165, 1.54) is 6.08 Å². The summed E-state index contributed by atoms with van der Waals surface area (Å²) in [5.41, 5.74) is 2.73. The summed E-state index contributed by atoms with van der Waals surface area (Å²) in [6.07, 6.45) is 3.41. The van der Waals surface area contributed by atoms with Crippen molar-refractivity contribution in [2.75, 3.05) is 11.9 Å². The zero-order chi connectivity index (χ0) is 17.8. The fourth-order valence-corrected chi connectivity index (χ4v) is 3.72. The average molecular weight is 355 g/mol. The molecule has 0 bridgehead atoms. The molecule has 1 aliphatic heterocycles. The first-order valence-corrected chi connectivity index (χ1v) is 9.20. The third-order valence-corrected chi connectivity index (χ3v) is 5.11. The minimum Gasteiger partial charge on any atom is -0.336 e. The van der Waals surface area contributed by atoms with Gasteiger partial charge < -0.3 is 10.2 Å². The molecule has 2 amide bonds. The molecule has 5 nitrogen and oxygen atoms in total. The molecule has 0 unspecified atom stereocenters. The first kappa shape index (κ1) is 17.4. The Morgan fingerprint density at radius 2 is 2.16 bits per heavy atom. The number of hydrogen-bond acceptors (Lipinski definition) is 4. The third kappa shape index (κ3) is 4.14. The van der Waals surface area contributed by atoms with Crippen LogP contribution in [-0.2, 0) is 9.59 Å². The van der Waals surface area contributed by atoms with Crippen molar-refractivity contribution in [3.63, 3.8) is 0 Å². The van der Waals surface area contributed by atoms with Gasteiger partial charge in [0, 0.05) is 35.6 Å². The largest absolute Gasteiger partial charge is 0.336 e. The molecule has 1 aromatic carbocycles. The van der Waals surface area contributed by atoms with Gasteiger partial charge in [0.2, 0.25) is 11.8 Å². The maximum atomic E-state index is 12.3. The number of benzene rings is 1. The Balaban J connectivity index is 1.59. The molecular weight excluding hydrogens is 334 g/mol. The Morgan fingerprint density at radius 3 is 2.80 bits per heavy atom. The normalized spacial score (nSPS) is 16.7. The minimum atomic E-state index is -0.0989. The lowest BCUT2D eigenvalue weighted by Gasteiger charge is -2.22. The van der Waals surface area contributed by atoms with Gasteiger partial charge in [0.25, 0.3) is 0 Å². The van der Waals surface area contributed by atoms with Crippen molar-refractivity contribution < 1.29 is 9.59 Å². The van der Waals surface area contributed by atoms with E-state index in [9.17, 15) is 9.59 Å².